The topological polar surface area (TPSA) is 105 Å². The molecule has 17 heteroatoms. The number of rotatable bonds is 7. The van der Waals surface area contributed by atoms with Crippen LogP contribution in [-0.2, 0) is 34.9 Å². The van der Waals surface area contributed by atoms with Crippen molar-refractivity contribution in [3.8, 4) is 0 Å². The van der Waals surface area contributed by atoms with Crippen LogP contribution < -0.4 is 11.1 Å². The van der Waals surface area contributed by atoms with Gasteiger partial charge in [-0.05, 0) is 81.1 Å². The fourth-order valence-corrected chi connectivity index (χ4v) is 9.93. The molecule has 4 amide bonds. The summed E-state index contributed by atoms with van der Waals surface area (Å²) >= 11 is 1.45. The molecule has 1 aromatic heterocycles. The van der Waals surface area contributed by atoms with Crippen LogP contribution in [0, 0.1) is 5.92 Å². The van der Waals surface area contributed by atoms with Crippen LogP contribution in [0.5, 0.6) is 0 Å². The van der Waals surface area contributed by atoms with Gasteiger partial charge in [0.05, 0.1) is 29.3 Å². The highest BCUT2D eigenvalue weighted by atomic mass is 32.1. The van der Waals surface area contributed by atoms with E-state index in [1.165, 1.54) is 24.2 Å². The number of piperidine rings is 2. The van der Waals surface area contributed by atoms with Gasteiger partial charge in [0.15, 0.2) is 0 Å². The van der Waals surface area contributed by atoms with Gasteiger partial charge in [-0.2, -0.15) is 26.3 Å². The number of likely N-dealkylation sites (tertiary alicyclic amines) is 1. The number of amides is 4. The van der Waals surface area contributed by atoms with Crippen molar-refractivity contribution >= 4 is 39.9 Å². The number of fused-ring (bicyclic) bond motifs is 3. The lowest BCUT2D eigenvalue weighted by atomic mass is 9.90. The van der Waals surface area contributed by atoms with E-state index < -0.39 is 53.3 Å². The van der Waals surface area contributed by atoms with Gasteiger partial charge in [-0.1, -0.05) is 0 Å². The van der Waals surface area contributed by atoms with E-state index in [0.717, 1.165) is 23.4 Å². The second-order valence-corrected chi connectivity index (χ2v) is 16.1. The van der Waals surface area contributed by atoms with Gasteiger partial charge in [0.1, 0.15) is 5.00 Å². The lowest BCUT2D eigenvalue weighted by Crippen LogP contribution is -2.56. The Morgan fingerprint density at radius 2 is 1.47 bits per heavy atom. The van der Waals surface area contributed by atoms with Crippen LogP contribution in [-0.4, -0.2) is 113 Å². The molecule has 7 rings (SSSR count). The molecule has 0 aliphatic carbocycles. The first-order chi connectivity index (χ1) is 25.1. The molecule has 5 aliphatic heterocycles. The average Bonchev–Trinajstić information content (AvgIpc) is 3.63. The number of nitrogen functional groups attached to an aromatic ring is 1. The molecule has 2 bridgehead atoms. The summed E-state index contributed by atoms with van der Waals surface area (Å²) in [6.45, 7) is 2.94. The minimum absolute atomic E-state index is 0.128. The Kier molecular flexibility index (Phi) is 10.4. The predicted octanol–water partition coefficient (Wildman–Crippen LogP) is 5.72. The molecule has 0 radical (unpaired) electrons. The van der Waals surface area contributed by atoms with Gasteiger partial charge in [-0.3, -0.25) is 19.8 Å². The summed E-state index contributed by atoms with van der Waals surface area (Å²) in [6, 6.07) is 4.21. The van der Waals surface area contributed by atoms with Crippen LogP contribution in [0.1, 0.15) is 67.2 Å². The molecule has 290 valence electrons. The molecule has 2 aromatic rings. The fraction of sp³-hybridized carbons (Fsp3) is 0.639. The molecule has 2 unspecified atom stereocenters. The van der Waals surface area contributed by atoms with E-state index in [0.29, 0.717) is 88.9 Å². The molecule has 1 aromatic carbocycles. The highest BCUT2D eigenvalue weighted by molar-refractivity contribution is 7.14. The van der Waals surface area contributed by atoms with E-state index in [1.54, 1.807) is 14.7 Å². The summed E-state index contributed by atoms with van der Waals surface area (Å²) in [5, 5.41) is 5.63. The maximum Gasteiger partial charge on any atom is 0.418 e. The molecule has 0 spiro atoms. The van der Waals surface area contributed by atoms with Crippen LogP contribution in [0.3, 0.4) is 0 Å². The first kappa shape index (κ1) is 37.7. The zero-order valence-corrected chi connectivity index (χ0v) is 30.3. The Morgan fingerprint density at radius 3 is 2.06 bits per heavy atom. The van der Waals surface area contributed by atoms with Crippen molar-refractivity contribution in [3.63, 3.8) is 0 Å². The number of nitrogens with zero attached hydrogens (tertiary/aromatic N) is 5. The molecule has 3 atom stereocenters. The van der Waals surface area contributed by atoms with E-state index in [1.807, 2.05) is 11.4 Å². The van der Waals surface area contributed by atoms with Crippen LogP contribution in [0.2, 0.25) is 0 Å². The molecule has 0 saturated carbocycles. The molecule has 4 fully saturated rings. The molecule has 4 saturated heterocycles. The van der Waals surface area contributed by atoms with Crippen LogP contribution >= 0.6 is 11.3 Å². The van der Waals surface area contributed by atoms with Gasteiger partial charge in [0, 0.05) is 75.4 Å². The van der Waals surface area contributed by atoms with Crippen molar-refractivity contribution in [2.75, 3.05) is 57.4 Å². The number of carbonyl (C=O) groups excluding carboxylic acids is 3. The Hall–Kier alpha value is -3.57. The number of nitrogens with one attached hydrogen (secondary N) is 1. The predicted molar refractivity (Wildman–Crippen MR) is 187 cm³/mol. The van der Waals surface area contributed by atoms with Crippen molar-refractivity contribution in [1.29, 1.82) is 0 Å². The number of thiophene rings is 1. The largest absolute Gasteiger partial charge is 0.418 e. The smallest absolute Gasteiger partial charge is 0.398 e. The number of hydrogen-bond donors (Lipinski definition) is 2. The standard InChI is InChI=1S/C36H45F6N7O3S/c1-45-25-2-3-26(45)19-27(18-25)46-9-11-48(12-10-46)33(51)23(14-21-15-28(35(37,38)39)31(43)29(16-21)36(40,41)42)17-30(50)47-7-4-24(5-8-47)49-20-22-6-13-53-32(22)44-34(49)52/h6,13,15-16,23-27H,2-5,7-12,14,17-20,43H2,1H3,(H,44,52)/t23-,25?,26?,27?/m0/s1. The number of halogens is 6. The summed E-state index contributed by atoms with van der Waals surface area (Å²) in [4.78, 5) is 50.5. The van der Waals surface area contributed by atoms with E-state index in [-0.39, 0.29) is 24.1 Å². The third-order valence-electron chi connectivity index (χ3n) is 12.1. The molecule has 10 nitrogen and oxygen atoms in total. The quantitative estimate of drug-likeness (QED) is 0.276. The molecular weight excluding hydrogens is 724 g/mol. The fourth-order valence-electron chi connectivity index (χ4n) is 9.13. The summed E-state index contributed by atoms with van der Waals surface area (Å²) < 4.78 is 83.6. The third kappa shape index (κ3) is 7.84. The first-order valence-corrected chi connectivity index (χ1v) is 19.2. The zero-order chi connectivity index (χ0) is 37.8. The van der Waals surface area contributed by atoms with Crippen molar-refractivity contribution in [3.05, 3.63) is 45.8 Å². The van der Waals surface area contributed by atoms with Gasteiger partial charge >= 0.3 is 18.4 Å². The van der Waals surface area contributed by atoms with Crippen LogP contribution in [0.25, 0.3) is 0 Å². The van der Waals surface area contributed by atoms with Gasteiger partial charge in [-0.15, -0.1) is 11.3 Å². The summed E-state index contributed by atoms with van der Waals surface area (Å²) in [5.74, 6) is -2.07. The number of hydrogen-bond acceptors (Lipinski definition) is 7. The third-order valence-corrected chi connectivity index (χ3v) is 13.0. The van der Waals surface area contributed by atoms with Crippen molar-refractivity contribution in [2.45, 2.75) is 94.4 Å². The molecule has 53 heavy (non-hydrogen) atoms. The van der Waals surface area contributed by atoms with Crippen LogP contribution in [0.15, 0.2) is 23.6 Å². The minimum atomic E-state index is -5.17. The van der Waals surface area contributed by atoms with E-state index in [4.69, 9.17) is 5.73 Å². The van der Waals surface area contributed by atoms with Gasteiger partial charge in [0.2, 0.25) is 11.8 Å². The maximum absolute atomic E-state index is 14.2. The molecule has 5 aliphatic rings. The number of piperazine rings is 1. The maximum atomic E-state index is 14.2. The molecule has 3 N–H and O–H groups in total. The van der Waals surface area contributed by atoms with Crippen molar-refractivity contribution in [2.24, 2.45) is 5.92 Å². The first-order valence-electron chi connectivity index (χ1n) is 18.3. The van der Waals surface area contributed by atoms with Crippen molar-refractivity contribution in [1.82, 2.24) is 24.5 Å². The second kappa shape index (κ2) is 14.6. The lowest BCUT2D eigenvalue weighted by molar-refractivity contribution is -0.143. The van der Waals surface area contributed by atoms with E-state index in [9.17, 15) is 40.7 Å². The number of anilines is 2. The van der Waals surface area contributed by atoms with E-state index in [2.05, 4.69) is 22.2 Å². The Morgan fingerprint density at radius 1 is 0.868 bits per heavy atom. The number of benzene rings is 1. The Labute approximate surface area is 308 Å². The minimum Gasteiger partial charge on any atom is -0.398 e. The molecular formula is C36H45F6N7O3S. The summed E-state index contributed by atoms with van der Waals surface area (Å²) in [5.41, 5.74) is 1.36. The Bertz CT molecular complexity index is 1650. The number of alkyl halides is 6. The molecule has 6 heterocycles. The van der Waals surface area contributed by atoms with Crippen LogP contribution in [0.4, 0.5) is 41.8 Å². The van der Waals surface area contributed by atoms with E-state index >= 15 is 0 Å². The lowest BCUT2D eigenvalue weighted by Gasteiger charge is -2.45. The average molecular weight is 770 g/mol. The summed E-state index contributed by atoms with van der Waals surface area (Å²) in [6.07, 6.45) is -5.80. The van der Waals surface area contributed by atoms with Gasteiger partial charge in [-0.25, -0.2) is 4.79 Å². The Balaban J connectivity index is 1.06. The number of nitrogens with two attached hydrogens (primary N) is 1. The van der Waals surface area contributed by atoms with Gasteiger partial charge in [0.25, 0.3) is 0 Å². The number of carbonyl (C=O) groups is 3. The zero-order valence-electron chi connectivity index (χ0n) is 29.5. The highest BCUT2D eigenvalue weighted by Crippen LogP contribution is 2.43. The second-order valence-electron chi connectivity index (χ2n) is 15.2. The monoisotopic (exact) mass is 769 g/mol. The normalized spacial score (nSPS) is 25.4. The summed E-state index contributed by atoms with van der Waals surface area (Å²) in [7, 11) is 2.17. The van der Waals surface area contributed by atoms with Crippen molar-refractivity contribution < 1.29 is 40.7 Å². The number of urea groups is 1. The van der Waals surface area contributed by atoms with Gasteiger partial charge < -0.3 is 25.3 Å². The highest BCUT2D eigenvalue weighted by Gasteiger charge is 2.43. The SMILES string of the molecule is CN1C2CCC1CC(N1CCN(C(=O)[C@H](CC(=O)N3CCC(N4Cc5ccsc5NC4=O)CC3)Cc3cc(C(F)(F)F)c(N)c(C(F)(F)F)c3)CC1)C2.